The second kappa shape index (κ2) is 11.1. The number of amides is 2. The first-order chi connectivity index (χ1) is 16.0. The molecule has 0 radical (unpaired) electrons. The Labute approximate surface area is 204 Å². The van der Waals surface area contributed by atoms with Gasteiger partial charge in [0.15, 0.2) is 5.78 Å². The van der Waals surface area contributed by atoms with E-state index < -0.39 is 5.82 Å². The number of hydrogen-bond donors (Lipinski definition) is 1. The van der Waals surface area contributed by atoms with Crippen LogP contribution in [0.1, 0.15) is 96.3 Å². The van der Waals surface area contributed by atoms with Crippen LogP contribution in [-0.2, 0) is 0 Å². The predicted octanol–water partition coefficient (Wildman–Crippen LogP) is 6.60. The van der Waals surface area contributed by atoms with Gasteiger partial charge < -0.3 is 15.0 Å². The molecular formula is C28H43FN2O3. The monoisotopic (exact) mass is 474 g/mol. The van der Waals surface area contributed by atoms with Gasteiger partial charge in [0, 0.05) is 24.7 Å². The molecule has 1 aliphatic heterocycles. The molecule has 3 aliphatic rings. The number of Topliss-reactive ketones (excluding diaryl/α,β-unsaturated/α-hetero) is 1. The summed E-state index contributed by atoms with van der Waals surface area (Å²) in [6.45, 7) is 11.9. The van der Waals surface area contributed by atoms with Gasteiger partial charge in [0.25, 0.3) is 0 Å². The molecule has 1 aromatic carbocycles. The van der Waals surface area contributed by atoms with E-state index in [1.54, 1.807) is 6.07 Å². The van der Waals surface area contributed by atoms with E-state index in [0.717, 1.165) is 50.6 Å². The molecule has 2 amide bonds. The van der Waals surface area contributed by atoms with Crippen molar-refractivity contribution < 1.29 is 18.7 Å². The summed E-state index contributed by atoms with van der Waals surface area (Å²) < 4.78 is 19.5. The maximum atomic E-state index is 13.8. The minimum atomic E-state index is -0.525. The Kier molecular flexibility index (Phi) is 8.64. The van der Waals surface area contributed by atoms with Crippen LogP contribution < -0.4 is 10.1 Å². The number of nitrogens with zero attached hydrogens (tertiary/aromatic N) is 1. The van der Waals surface area contributed by atoms with Gasteiger partial charge in [-0.15, -0.1) is 0 Å². The fourth-order valence-electron chi connectivity index (χ4n) is 4.96. The summed E-state index contributed by atoms with van der Waals surface area (Å²) in [5.74, 6) is 1.48. The van der Waals surface area contributed by atoms with Crippen molar-refractivity contribution in [3.8, 4) is 5.75 Å². The van der Waals surface area contributed by atoms with Gasteiger partial charge in [-0.05, 0) is 95.6 Å². The van der Waals surface area contributed by atoms with E-state index in [-0.39, 0.29) is 22.9 Å². The molecule has 4 rings (SSSR count). The van der Waals surface area contributed by atoms with E-state index in [0.29, 0.717) is 17.8 Å². The second-order valence-electron chi connectivity index (χ2n) is 11.8. The summed E-state index contributed by atoms with van der Waals surface area (Å²) in [7, 11) is 0. The highest BCUT2D eigenvalue weighted by atomic mass is 19.1. The third kappa shape index (κ3) is 7.99. The first kappa shape index (κ1) is 26.5. The zero-order chi connectivity index (χ0) is 24.9. The maximum Gasteiger partial charge on any atom is 0.317 e. The Hall–Kier alpha value is -2.11. The minimum absolute atomic E-state index is 0.0538. The Balaban J connectivity index is 0.000000732. The Morgan fingerprint density at radius 1 is 1.18 bits per heavy atom. The predicted molar refractivity (Wildman–Crippen MR) is 134 cm³/mol. The fraction of sp³-hybridized carbons (Fsp3) is 0.714. The summed E-state index contributed by atoms with van der Waals surface area (Å²) >= 11 is 0. The molecule has 0 aromatic heterocycles. The molecule has 0 bridgehead atoms. The molecule has 1 aromatic rings. The van der Waals surface area contributed by atoms with Crippen molar-refractivity contribution in [3.05, 3.63) is 29.6 Å². The molecule has 1 heterocycles. The molecule has 2 saturated carbocycles. The fourth-order valence-corrected chi connectivity index (χ4v) is 4.96. The number of nitrogens with one attached hydrogen (secondary N) is 1. The van der Waals surface area contributed by atoms with Gasteiger partial charge in [0.05, 0.1) is 12.2 Å². The van der Waals surface area contributed by atoms with E-state index in [1.807, 2.05) is 25.7 Å². The zero-order valence-electron chi connectivity index (χ0n) is 21.7. The van der Waals surface area contributed by atoms with Gasteiger partial charge >= 0.3 is 6.03 Å². The number of rotatable bonds is 6. The standard InChI is InChI=1S/C24H35FN2O3.C4H8/c1-17(28)20-8-7-19(14-21(20)25)30-13-5-6-18-15-24(16-18)9-11-27(12-10-24)22(29)26-23(2,3)4;1-4-2-3-4/h7-8,14,18H,5-6,9-13,15-16H2,1-4H3,(H,26,29);4H,2-3H2,1H3. The van der Waals surface area contributed by atoms with Gasteiger partial charge in [-0.25, -0.2) is 9.18 Å². The van der Waals surface area contributed by atoms with Crippen LogP contribution in [0, 0.1) is 23.1 Å². The topological polar surface area (TPSA) is 58.6 Å². The average molecular weight is 475 g/mol. The normalized spacial score (nSPS) is 19.6. The molecule has 190 valence electrons. The van der Waals surface area contributed by atoms with Crippen LogP contribution in [0.2, 0.25) is 0 Å². The highest BCUT2D eigenvalue weighted by Gasteiger charge is 2.45. The van der Waals surface area contributed by atoms with Gasteiger partial charge in [-0.3, -0.25) is 4.79 Å². The van der Waals surface area contributed by atoms with Crippen LogP contribution >= 0.6 is 0 Å². The number of carbonyl (C=O) groups is 2. The molecule has 3 fully saturated rings. The Morgan fingerprint density at radius 3 is 2.29 bits per heavy atom. The van der Waals surface area contributed by atoms with Crippen LogP contribution in [0.25, 0.3) is 0 Å². The highest BCUT2D eigenvalue weighted by molar-refractivity contribution is 5.94. The van der Waals surface area contributed by atoms with Crippen LogP contribution in [0.3, 0.4) is 0 Å². The number of urea groups is 1. The number of benzene rings is 1. The van der Waals surface area contributed by atoms with Crippen molar-refractivity contribution in [2.45, 2.75) is 91.5 Å². The number of likely N-dealkylation sites (tertiary alicyclic amines) is 1. The van der Waals surface area contributed by atoms with Crippen molar-refractivity contribution in [1.29, 1.82) is 0 Å². The summed E-state index contributed by atoms with van der Waals surface area (Å²) in [5.41, 5.74) is 0.330. The number of carbonyl (C=O) groups excluding carboxylic acids is 2. The SMILES string of the molecule is CC(=O)c1ccc(OCCCC2CC3(CCN(C(=O)NC(C)(C)C)CC3)C2)cc1F.CC1CC1. The molecule has 34 heavy (non-hydrogen) atoms. The lowest BCUT2D eigenvalue weighted by Gasteiger charge is -2.52. The van der Waals surface area contributed by atoms with E-state index in [4.69, 9.17) is 4.74 Å². The molecule has 5 nitrogen and oxygen atoms in total. The molecular weight excluding hydrogens is 431 g/mol. The lowest BCUT2D eigenvalue weighted by Crippen LogP contribution is -2.54. The van der Waals surface area contributed by atoms with Crippen molar-refractivity contribution in [2.75, 3.05) is 19.7 Å². The van der Waals surface area contributed by atoms with Crippen molar-refractivity contribution >= 4 is 11.8 Å². The van der Waals surface area contributed by atoms with Crippen LogP contribution in [0.4, 0.5) is 9.18 Å². The second-order valence-corrected chi connectivity index (χ2v) is 11.8. The molecule has 2 aliphatic carbocycles. The molecule has 1 spiro atoms. The largest absolute Gasteiger partial charge is 0.493 e. The Bertz CT molecular complexity index is 844. The van der Waals surface area contributed by atoms with Gasteiger partial charge in [-0.2, -0.15) is 0 Å². The number of halogens is 1. The third-order valence-electron chi connectivity index (χ3n) is 7.25. The quantitative estimate of drug-likeness (QED) is 0.373. The summed E-state index contributed by atoms with van der Waals surface area (Å²) in [6.07, 6.45) is 9.70. The Morgan fingerprint density at radius 2 is 1.79 bits per heavy atom. The third-order valence-corrected chi connectivity index (χ3v) is 7.25. The molecule has 0 atom stereocenters. The molecule has 1 N–H and O–H groups in total. The van der Waals surface area contributed by atoms with Crippen molar-refractivity contribution in [1.82, 2.24) is 10.2 Å². The van der Waals surface area contributed by atoms with E-state index >= 15 is 0 Å². The number of ether oxygens (including phenoxy) is 1. The summed E-state index contributed by atoms with van der Waals surface area (Å²) in [6, 6.07) is 4.48. The first-order valence-corrected chi connectivity index (χ1v) is 13.0. The van der Waals surface area contributed by atoms with E-state index in [2.05, 4.69) is 12.2 Å². The van der Waals surface area contributed by atoms with Crippen LogP contribution in [0.15, 0.2) is 18.2 Å². The lowest BCUT2D eigenvalue weighted by molar-refractivity contribution is -0.00891. The first-order valence-electron chi connectivity index (χ1n) is 13.0. The smallest absolute Gasteiger partial charge is 0.317 e. The van der Waals surface area contributed by atoms with Crippen molar-refractivity contribution in [2.24, 2.45) is 17.3 Å². The minimum Gasteiger partial charge on any atom is -0.493 e. The van der Waals surface area contributed by atoms with Crippen molar-refractivity contribution in [3.63, 3.8) is 0 Å². The van der Waals surface area contributed by atoms with Gasteiger partial charge in [-0.1, -0.05) is 19.8 Å². The zero-order valence-corrected chi connectivity index (χ0v) is 21.7. The number of ketones is 1. The van der Waals surface area contributed by atoms with Gasteiger partial charge in [0.1, 0.15) is 11.6 Å². The molecule has 0 unspecified atom stereocenters. The summed E-state index contributed by atoms with van der Waals surface area (Å²) in [5, 5.41) is 3.05. The van der Waals surface area contributed by atoms with Crippen LogP contribution in [0.5, 0.6) is 5.75 Å². The van der Waals surface area contributed by atoms with E-state index in [9.17, 15) is 14.0 Å². The van der Waals surface area contributed by atoms with Gasteiger partial charge in [0.2, 0.25) is 0 Å². The lowest BCUT2D eigenvalue weighted by atomic mass is 9.56. The maximum absolute atomic E-state index is 13.8. The molecule has 1 saturated heterocycles. The van der Waals surface area contributed by atoms with E-state index in [1.165, 1.54) is 44.7 Å². The number of hydrogen-bond acceptors (Lipinski definition) is 3. The average Bonchev–Trinajstić information content (AvgIpc) is 3.51. The molecule has 6 heteroatoms. The summed E-state index contributed by atoms with van der Waals surface area (Å²) in [4.78, 5) is 25.6. The number of piperidine rings is 1. The van der Waals surface area contributed by atoms with Crippen LogP contribution in [-0.4, -0.2) is 41.9 Å². The highest BCUT2D eigenvalue weighted by Crippen LogP contribution is 2.54.